The van der Waals surface area contributed by atoms with Gasteiger partial charge >= 0.3 is 0 Å². The van der Waals surface area contributed by atoms with Crippen LogP contribution < -0.4 is 10.1 Å². The molecule has 1 aromatic rings. The predicted octanol–water partition coefficient (Wildman–Crippen LogP) is 1.55. The zero-order valence-corrected chi connectivity index (χ0v) is 17.3. The molecule has 1 heterocycles. The summed E-state index contributed by atoms with van der Waals surface area (Å²) in [7, 11) is -3.75. The maximum atomic E-state index is 13.1. The maximum Gasteiger partial charge on any atom is 0.243 e. The van der Waals surface area contributed by atoms with Crippen LogP contribution in [0.15, 0.2) is 29.2 Å². The summed E-state index contributed by atoms with van der Waals surface area (Å²) in [6, 6.07) is 6.38. The third-order valence-corrected chi connectivity index (χ3v) is 6.37. The van der Waals surface area contributed by atoms with Crippen LogP contribution in [0.1, 0.15) is 27.2 Å². The number of amides is 1. The Morgan fingerprint density at radius 2 is 1.85 bits per heavy atom. The fraction of sp³-hybridized carbons (Fsp3) is 0.632. The highest BCUT2D eigenvalue weighted by molar-refractivity contribution is 7.89. The van der Waals surface area contributed by atoms with E-state index in [9.17, 15) is 13.2 Å². The summed E-state index contributed by atoms with van der Waals surface area (Å²) in [6.07, 6.45) is 0.699. The van der Waals surface area contributed by atoms with Crippen molar-refractivity contribution in [1.82, 2.24) is 14.5 Å². The molecule has 1 aliphatic rings. The van der Waals surface area contributed by atoms with E-state index in [0.29, 0.717) is 44.3 Å². The van der Waals surface area contributed by atoms with Gasteiger partial charge in [0.15, 0.2) is 0 Å². The molecule has 1 N–H and O–H groups in total. The number of nitrogens with one attached hydrogen (secondary N) is 1. The van der Waals surface area contributed by atoms with Gasteiger partial charge in [0.2, 0.25) is 15.9 Å². The standard InChI is InChI=1S/C19H31N3O4S/c1-4-26-17-5-7-18(8-6-17)27(24,25)22(12-9-16(2)3)15-19(23)21-13-10-20-11-14-21/h5-8,16,20H,4,9-15H2,1-3H3. The van der Waals surface area contributed by atoms with E-state index in [1.807, 2.05) is 20.8 Å². The number of ether oxygens (including phenoxy) is 1. The minimum Gasteiger partial charge on any atom is -0.494 e. The number of benzene rings is 1. The largest absolute Gasteiger partial charge is 0.494 e. The number of carbonyl (C=O) groups excluding carboxylic acids is 1. The molecule has 0 radical (unpaired) electrons. The molecule has 1 aromatic carbocycles. The normalized spacial score (nSPS) is 15.4. The van der Waals surface area contributed by atoms with E-state index >= 15 is 0 Å². The van der Waals surface area contributed by atoms with Crippen molar-refractivity contribution in [3.63, 3.8) is 0 Å². The fourth-order valence-electron chi connectivity index (χ4n) is 2.88. The highest BCUT2D eigenvalue weighted by Crippen LogP contribution is 2.21. The number of nitrogens with zero attached hydrogens (tertiary/aromatic N) is 2. The van der Waals surface area contributed by atoms with Crippen LogP contribution in [0.3, 0.4) is 0 Å². The molecule has 0 saturated carbocycles. The van der Waals surface area contributed by atoms with Crippen LogP contribution in [0, 0.1) is 5.92 Å². The first-order chi connectivity index (χ1) is 12.8. The monoisotopic (exact) mass is 397 g/mol. The minimum absolute atomic E-state index is 0.123. The van der Waals surface area contributed by atoms with Crippen molar-refractivity contribution < 1.29 is 17.9 Å². The van der Waals surface area contributed by atoms with Crippen LogP contribution in [-0.4, -0.2) is 69.4 Å². The highest BCUT2D eigenvalue weighted by Gasteiger charge is 2.29. The molecule has 0 atom stereocenters. The number of carbonyl (C=O) groups is 1. The Balaban J connectivity index is 2.18. The molecule has 0 unspecified atom stereocenters. The Hall–Kier alpha value is -1.64. The van der Waals surface area contributed by atoms with Crippen LogP contribution in [0.25, 0.3) is 0 Å². The highest BCUT2D eigenvalue weighted by atomic mass is 32.2. The van der Waals surface area contributed by atoms with E-state index in [0.717, 1.165) is 13.1 Å². The van der Waals surface area contributed by atoms with Crippen LogP contribution in [0.5, 0.6) is 5.75 Å². The predicted molar refractivity (Wildman–Crippen MR) is 105 cm³/mol. The molecule has 0 spiro atoms. The molecule has 1 saturated heterocycles. The molecule has 1 fully saturated rings. The second-order valence-corrected chi connectivity index (χ2v) is 8.99. The van der Waals surface area contributed by atoms with Gasteiger partial charge in [0.1, 0.15) is 5.75 Å². The second kappa shape index (κ2) is 10.1. The summed E-state index contributed by atoms with van der Waals surface area (Å²) < 4.78 is 33.0. The van der Waals surface area contributed by atoms with Gasteiger partial charge in [-0.05, 0) is 43.5 Å². The molecule has 8 heteroatoms. The van der Waals surface area contributed by atoms with Crippen molar-refractivity contribution in [1.29, 1.82) is 0 Å². The first kappa shape index (κ1) is 21.7. The van der Waals surface area contributed by atoms with Crippen molar-refractivity contribution in [2.75, 3.05) is 45.9 Å². The fourth-order valence-corrected chi connectivity index (χ4v) is 4.28. The first-order valence-electron chi connectivity index (χ1n) is 9.56. The lowest BCUT2D eigenvalue weighted by atomic mass is 10.1. The Kier molecular flexibility index (Phi) is 8.07. The lowest BCUT2D eigenvalue weighted by Crippen LogP contribution is -2.50. The maximum absolute atomic E-state index is 13.1. The molecule has 0 bridgehead atoms. The zero-order valence-electron chi connectivity index (χ0n) is 16.5. The van der Waals surface area contributed by atoms with Gasteiger partial charge in [0.05, 0.1) is 18.0 Å². The smallest absolute Gasteiger partial charge is 0.243 e. The Morgan fingerprint density at radius 1 is 1.22 bits per heavy atom. The van der Waals surface area contributed by atoms with Gasteiger partial charge in [0, 0.05) is 32.7 Å². The molecule has 7 nitrogen and oxygen atoms in total. The van der Waals surface area contributed by atoms with Gasteiger partial charge < -0.3 is 15.0 Å². The molecule has 0 aromatic heterocycles. The van der Waals surface area contributed by atoms with Crippen molar-refractivity contribution in [2.24, 2.45) is 5.92 Å². The van der Waals surface area contributed by atoms with Gasteiger partial charge in [-0.15, -0.1) is 0 Å². The summed E-state index contributed by atoms with van der Waals surface area (Å²) in [5.41, 5.74) is 0. The van der Waals surface area contributed by atoms with Gasteiger partial charge in [-0.2, -0.15) is 4.31 Å². The number of hydrogen-bond acceptors (Lipinski definition) is 5. The van der Waals surface area contributed by atoms with E-state index < -0.39 is 10.0 Å². The third-order valence-electron chi connectivity index (χ3n) is 4.51. The summed E-state index contributed by atoms with van der Waals surface area (Å²) in [6.45, 7) is 9.38. The van der Waals surface area contributed by atoms with E-state index in [2.05, 4.69) is 5.32 Å². The van der Waals surface area contributed by atoms with Gasteiger partial charge in [-0.1, -0.05) is 13.8 Å². The van der Waals surface area contributed by atoms with Gasteiger partial charge in [-0.25, -0.2) is 8.42 Å². The lowest BCUT2D eigenvalue weighted by molar-refractivity contribution is -0.132. The lowest BCUT2D eigenvalue weighted by Gasteiger charge is -2.30. The molecule has 152 valence electrons. The molecule has 1 aliphatic heterocycles. The molecular formula is C19H31N3O4S. The third kappa shape index (κ3) is 6.19. The van der Waals surface area contributed by atoms with Gasteiger partial charge in [-0.3, -0.25) is 4.79 Å². The van der Waals surface area contributed by atoms with Crippen molar-refractivity contribution in [3.05, 3.63) is 24.3 Å². The number of rotatable bonds is 9. The molecule has 0 aliphatic carbocycles. The van der Waals surface area contributed by atoms with Gasteiger partial charge in [0.25, 0.3) is 0 Å². The molecule has 1 amide bonds. The number of sulfonamides is 1. The Labute approximate surface area is 162 Å². The summed E-state index contributed by atoms with van der Waals surface area (Å²) in [5, 5.41) is 3.20. The summed E-state index contributed by atoms with van der Waals surface area (Å²) in [4.78, 5) is 14.6. The molecule has 27 heavy (non-hydrogen) atoms. The SMILES string of the molecule is CCOc1ccc(S(=O)(=O)N(CCC(C)C)CC(=O)N2CCNCC2)cc1. The van der Waals surface area contributed by atoms with Crippen LogP contribution in [0.4, 0.5) is 0 Å². The Morgan fingerprint density at radius 3 is 2.41 bits per heavy atom. The van der Waals surface area contributed by atoms with Crippen LogP contribution in [-0.2, 0) is 14.8 Å². The average Bonchev–Trinajstić information content (AvgIpc) is 2.66. The zero-order chi connectivity index (χ0) is 19.9. The Bertz CT molecular complexity index is 698. The van der Waals surface area contributed by atoms with Crippen molar-refractivity contribution in [2.45, 2.75) is 32.1 Å². The quantitative estimate of drug-likeness (QED) is 0.684. The van der Waals surface area contributed by atoms with Crippen LogP contribution >= 0.6 is 0 Å². The number of hydrogen-bond donors (Lipinski definition) is 1. The minimum atomic E-state index is -3.75. The van der Waals surface area contributed by atoms with E-state index in [1.165, 1.54) is 16.4 Å². The molecule has 2 rings (SSSR count). The topological polar surface area (TPSA) is 79.0 Å². The summed E-state index contributed by atoms with van der Waals surface area (Å²) in [5.74, 6) is 0.828. The van der Waals surface area contributed by atoms with Crippen molar-refractivity contribution in [3.8, 4) is 5.75 Å². The molecular weight excluding hydrogens is 366 g/mol. The van der Waals surface area contributed by atoms with E-state index in [1.54, 1.807) is 17.0 Å². The average molecular weight is 398 g/mol. The van der Waals surface area contributed by atoms with E-state index in [4.69, 9.17) is 4.74 Å². The van der Waals surface area contributed by atoms with E-state index in [-0.39, 0.29) is 17.3 Å². The first-order valence-corrected chi connectivity index (χ1v) is 11.0. The summed E-state index contributed by atoms with van der Waals surface area (Å²) >= 11 is 0. The second-order valence-electron chi connectivity index (χ2n) is 7.06. The number of piperazine rings is 1. The van der Waals surface area contributed by atoms with Crippen molar-refractivity contribution >= 4 is 15.9 Å². The van der Waals surface area contributed by atoms with Crippen LogP contribution in [0.2, 0.25) is 0 Å².